The van der Waals surface area contributed by atoms with Crippen molar-refractivity contribution in [3.63, 3.8) is 0 Å². The van der Waals surface area contributed by atoms with Crippen LogP contribution in [0.2, 0.25) is 0 Å². The van der Waals surface area contributed by atoms with Gasteiger partial charge >= 0.3 is 11.9 Å². The molecule has 0 amide bonds. The van der Waals surface area contributed by atoms with Gasteiger partial charge in [-0.25, -0.2) is 9.59 Å². The number of benzene rings is 2. The molecule has 0 saturated carbocycles. The smallest absolute Gasteiger partial charge is 0.342 e. The second kappa shape index (κ2) is 9.62. The van der Waals surface area contributed by atoms with Gasteiger partial charge in [-0.2, -0.15) is 5.26 Å². The van der Waals surface area contributed by atoms with Gasteiger partial charge in [0.1, 0.15) is 23.0 Å². The van der Waals surface area contributed by atoms with Crippen LogP contribution in [-0.4, -0.2) is 29.7 Å². The summed E-state index contributed by atoms with van der Waals surface area (Å²) in [6.45, 7) is 3.65. The fraction of sp³-hybridized carbons (Fsp3) is 0.167. The average Bonchev–Trinajstić information content (AvgIpc) is 2.80. The van der Waals surface area contributed by atoms with Crippen LogP contribution in [0.4, 0.5) is 5.82 Å². The topological polar surface area (TPSA) is 124 Å². The van der Waals surface area contributed by atoms with Gasteiger partial charge in [0.2, 0.25) is 0 Å². The Kier molecular flexibility index (Phi) is 6.71. The molecule has 32 heavy (non-hydrogen) atoms. The predicted octanol–water partition coefficient (Wildman–Crippen LogP) is 3.31. The molecule has 0 fully saturated rings. The lowest BCUT2D eigenvalue weighted by atomic mass is 9.95. The fourth-order valence-corrected chi connectivity index (χ4v) is 3.32. The number of carbonyl (C=O) groups excluding carboxylic acids is 2. The van der Waals surface area contributed by atoms with Crippen LogP contribution in [0.25, 0.3) is 16.8 Å². The van der Waals surface area contributed by atoms with E-state index in [1.165, 1.54) is 24.3 Å². The van der Waals surface area contributed by atoms with Crippen molar-refractivity contribution in [3.05, 3.63) is 81.6 Å². The molecule has 0 bridgehead atoms. The molecule has 0 radical (unpaired) electrons. The molecule has 0 unspecified atom stereocenters. The van der Waals surface area contributed by atoms with Crippen LogP contribution in [0, 0.1) is 11.3 Å². The van der Waals surface area contributed by atoms with E-state index in [9.17, 15) is 19.6 Å². The zero-order chi connectivity index (χ0) is 23.3. The first-order chi connectivity index (χ1) is 15.4. The van der Waals surface area contributed by atoms with Gasteiger partial charge in [0, 0.05) is 5.56 Å². The average molecular weight is 431 g/mol. The Balaban J connectivity index is 2.31. The first-order valence-electron chi connectivity index (χ1n) is 9.93. The van der Waals surface area contributed by atoms with E-state index in [1.54, 1.807) is 44.2 Å². The molecule has 3 rings (SSSR count). The maximum Gasteiger partial charge on any atom is 0.342 e. The molecule has 2 N–H and O–H groups in total. The van der Waals surface area contributed by atoms with Crippen molar-refractivity contribution >= 4 is 17.8 Å². The van der Waals surface area contributed by atoms with Gasteiger partial charge in [-0.15, -0.1) is 0 Å². The summed E-state index contributed by atoms with van der Waals surface area (Å²) in [5, 5.41) is 9.82. The third-order valence-corrected chi connectivity index (χ3v) is 4.70. The van der Waals surface area contributed by atoms with E-state index < -0.39 is 17.5 Å². The summed E-state index contributed by atoms with van der Waals surface area (Å²) >= 11 is 0. The summed E-state index contributed by atoms with van der Waals surface area (Å²) in [7, 11) is 0. The molecular weight excluding hydrogens is 410 g/mol. The number of ether oxygens (including phenoxy) is 2. The molecule has 0 atom stereocenters. The lowest BCUT2D eigenvalue weighted by Crippen LogP contribution is -2.28. The Morgan fingerprint density at radius 1 is 0.969 bits per heavy atom. The highest BCUT2D eigenvalue weighted by atomic mass is 16.5. The van der Waals surface area contributed by atoms with Crippen LogP contribution < -0.4 is 11.3 Å². The quantitative estimate of drug-likeness (QED) is 0.594. The molecule has 3 aromatic rings. The van der Waals surface area contributed by atoms with Gasteiger partial charge in [0.15, 0.2) is 0 Å². The van der Waals surface area contributed by atoms with Crippen molar-refractivity contribution in [1.82, 2.24) is 4.57 Å². The molecule has 1 aromatic heterocycles. The van der Waals surface area contributed by atoms with Crippen molar-refractivity contribution in [2.75, 3.05) is 18.9 Å². The highest BCUT2D eigenvalue weighted by Crippen LogP contribution is 2.31. The lowest BCUT2D eigenvalue weighted by molar-refractivity contribution is 0.0517. The monoisotopic (exact) mass is 431 g/mol. The maximum atomic E-state index is 13.3. The Morgan fingerprint density at radius 2 is 1.56 bits per heavy atom. The van der Waals surface area contributed by atoms with Crippen LogP contribution in [-0.2, 0) is 9.47 Å². The third kappa shape index (κ3) is 4.09. The number of nitrogens with zero attached hydrogens (tertiary/aromatic N) is 2. The van der Waals surface area contributed by atoms with Crippen molar-refractivity contribution in [2.45, 2.75) is 13.8 Å². The number of hydrogen-bond donors (Lipinski definition) is 1. The second-order valence-corrected chi connectivity index (χ2v) is 6.62. The van der Waals surface area contributed by atoms with Gasteiger partial charge in [0.25, 0.3) is 5.56 Å². The van der Waals surface area contributed by atoms with E-state index in [0.29, 0.717) is 5.56 Å². The number of hydrogen-bond acceptors (Lipinski definition) is 7. The van der Waals surface area contributed by atoms with E-state index in [-0.39, 0.29) is 47.0 Å². The Bertz CT molecular complexity index is 1260. The molecule has 2 aromatic carbocycles. The Labute approximate surface area is 184 Å². The normalized spacial score (nSPS) is 10.3. The largest absolute Gasteiger partial charge is 0.462 e. The SMILES string of the molecule is CCOC(=O)c1ccc(-n2c(N)c(C(=O)OCC)c(-c3ccccc3)c(C#N)c2=O)cc1. The van der Waals surface area contributed by atoms with Gasteiger partial charge in [-0.1, -0.05) is 30.3 Å². The summed E-state index contributed by atoms with van der Waals surface area (Å²) in [5.41, 5.74) is 6.47. The summed E-state index contributed by atoms with van der Waals surface area (Å²) in [4.78, 5) is 38.1. The number of rotatable bonds is 6. The number of anilines is 1. The molecular formula is C24H21N3O5. The number of nitrogens with two attached hydrogens (primary N) is 1. The number of nitriles is 1. The van der Waals surface area contributed by atoms with E-state index in [2.05, 4.69) is 0 Å². The molecule has 0 aliphatic heterocycles. The minimum absolute atomic E-state index is 0.0799. The highest BCUT2D eigenvalue weighted by molar-refractivity contribution is 6.03. The fourth-order valence-electron chi connectivity index (χ4n) is 3.32. The predicted molar refractivity (Wildman–Crippen MR) is 119 cm³/mol. The van der Waals surface area contributed by atoms with E-state index in [4.69, 9.17) is 15.2 Å². The minimum atomic E-state index is -0.753. The van der Waals surface area contributed by atoms with Crippen LogP contribution in [0.15, 0.2) is 59.4 Å². The Hall–Kier alpha value is -4.38. The molecule has 0 aliphatic rings. The first-order valence-corrected chi connectivity index (χ1v) is 9.93. The van der Waals surface area contributed by atoms with Gasteiger partial charge in [-0.05, 0) is 43.7 Å². The summed E-state index contributed by atoms with van der Waals surface area (Å²) in [6, 6.07) is 16.4. The van der Waals surface area contributed by atoms with Gasteiger partial charge < -0.3 is 15.2 Å². The van der Waals surface area contributed by atoms with Gasteiger partial charge in [-0.3, -0.25) is 9.36 Å². The van der Waals surface area contributed by atoms with Crippen molar-refractivity contribution < 1.29 is 19.1 Å². The molecule has 0 spiro atoms. The molecule has 8 heteroatoms. The number of pyridine rings is 1. The summed E-state index contributed by atoms with van der Waals surface area (Å²) in [5.74, 6) is -1.43. The van der Waals surface area contributed by atoms with Crippen molar-refractivity contribution in [3.8, 4) is 22.9 Å². The Morgan fingerprint density at radius 3 is 2.12 bits per heavy atom. The highest BCUT2D eigenvalue weighted by Gasteiger charge is 2.27. The molecule has 0 saturated heterocycles. The summed E-state index contributed by atoms with van der Waals surface area (Å²) in [6.07, 6.45) is 0. The molecule has 162 valence electrons. The molecule has 0 aliphatic carbocycles. The zero-order valence-corrected chi connectivity index (χ0v) is 17.6. The summed E-state index contributed by atoms with van der Waals surface area (Å²) < 4.78 is 11.2. The van der Waals surface area contributed by atoms with Crippen LogP contribution in [0.1, 0.15) is 40.1 Å². The first kappa shape index (κ1) is 22.3. The third-order valence-electron chi connectivity index (χ3n) is 4.70. The van der Waals surface area contributed by atoms with Crippen molar-refractivity contribution in [2.24, 2.45) is 0 Å². The van der Waals surface area contributed by atoms with Gasteiger partial charge in [0.05, 0.1) is 24.5 Å². The lowest BCUT2D eigenvalue weighted by Gasteiger charge is -2.18. The second-order valence-electron chi connectivity index (χ2n) is 6.62. The number of carbonyl (C=O) groups is 2. The standard InChI is InChI=1S/C24H21N3O5/c1-3-31-23(29)16-10-12-17(13-11-16)27-21(26)20(24(30)32-4-2)19(18(14-25)22(27)28)15-8-6-5-7-9-15/h5-13H,3-4,26H2,1-2H3. The molecule has 1 heterocycles. The van der Waals surface area contributed by atoms with E-state index in [0.717, 1.165) is 4.57 Å². The maximum absolute atomic E-state index is 13.3. The van der Waals surface area contributed by atoms with Crippen LogP contribution in [0.5, 0.6) is 0 Å². The van der Waals surface area contributed by atoms with Crippen LogP contribution >= 0.6 is 0 Å². The zero-order valence-electron chi connectivity index (χ0n) is 17.6. The van der Waals surface area contributed by atoms with Crippen molar-refractivity contribution in [1.29, 1.82) is 5.26 Å². The number of nitrogen functional groups attached to an aromatic ring is 1. The minimum Gasteiger partial charge on any atom is -0.462 e. The number of aromatic nitrogens is 1. The van der Waals surface area contributed by atoms with Crippen LogP contribution in [0.3, 0.4) is 0 Å². The number of esters is 2. The van der Waals surface area contributed by atoms with E-state index in [1.807, 2.05) is 6.07 Å². The molecule has 8 nitrogen and oxygen atoms in total. The van der Waals surface area contributed by atoms with E-state index >= 15 is 0 Å².